The van der Waals surface area contributed by atoms with Crippen molar-refractivity contribution in [2.45, 2.75) is 13.3 Å². The molecule has 0 amide bonds. The fourth-order valence-corrected chi connectivity index (χ4v) is 0.371. The smallest absolute Gasteiger partial charge is 0.322 e. The molecule has 9 heavy (non-hydrogen) atoms. The second-order valence-electron chi connectivity index (χ2n) is 1.52. The van der Waals surface area contributed by atoms with E-state index in [4.69, 9.17) is 17.3 Å². The lowest BCUT2D eigenvalue weighted by molar-refractivity contribution is -0.135. The van der Waals surface area contributed by atoms with Gasteiger partial charge in [-0.2, -0.15) is 0 Å². The number of carboxylic acid groups (broad SMARTS) is 1. The first-order valence-electron chi connectivity index (χ1n) is 2.65. The summed E-state index contributed by atoms with van der Waals surface area (Å²) in [5, 5.41) is 10.7. The monoisotopic (exact) mass is 147 g/mol. The second-order valence-corrected chi connectivity index (χ2v) is 2.02. The molecule has 0 aromatic heterocycles. The Balaban J connectivity index is 3.28. The number of carbonyl (C=O) groups is 1. The van der Waals surface area contributed by atoms with Crippen LogP contribution in [0.5, 0.6) is 0 Å². The molecule has 0 spiro atoms. The molecular formula is C5H9NO2S. The van der Waals surface area contributed by atoms with Crippen LogP contribution in [0.1, 0.15) is 13.3 Å². The Labute approximate surface area is 59.1 Å². The zero-order valence-electron chi connectivity index (χ0n) is 5.18. The van der Waals surface area contributed by atoms with Gasteiger partial charge in [0.1, 0.15) is 6.54 Å². The van der Waals surface area contributed by atoms with E-state index in [9.17, 15) is 4.79 Å². The molecule has 0 atom stereocenters. The summed E-state index contributed by atoms with van der Waals surface area (Å²) in [7, 11) is 0. The summed E-state index contributed by atoms with van der Waals surface area (Å²) in [6.07, 6.45) is 0.697. The first-order valence-corrected chi connectivity index (χ1v) is 3.06. The van der Waals surface area contributed by atoms with Crippen LogP contribution in [0, 0.1) is 0 Å². The zero-order valence-corrected chi connectivity index (χ0v) is 5.99. The molecule has 0 heterocycles. The maximum Gasteiger partial charge on any atom is 0.322 e. The number of nitrogens with one attached hydrogen (secondary N) is 1. The van der Waals surface area contributed by atoms with E-state index in [1.54, 1.807) is 0 Å². The molecule has 0 fully saturated rings. The molecule has 0 radical (unpaired) electrons. The third-order valence-electron chi connectivity index (χ3n) is 0.758. The first-order chi connectivity index (χ1) is 4.16. The van der Waals surface area contributed by atoms with Gasteiger partial charge in [-0.25, -0.2) is 0 Å². The summed E-state index contributed by atoms with van der Waals surface area (Å²) >= 11 is 4.70. The van der Waals surface area contributed by atoms with Crippen LogP contribution in [-0.2, 0) is 4.79 Å². The quantitative estimate of drug-likeness (QED) is 0.567. The highest BCUT2D eigenvalue weighted by molar-refractivity contribution is 7.80. The standard InChI is InChI=1S/C5H9NO2S/c1-2-4(9)6-3-5(7)8/h2-3H2,1H3,(H,6,9)(H,7,8). The lowest BCUT2D eigenvalue weighted by atomic mass is 10.5. The Kier molecular flexibility index (Phi) is 3.96. The number of thiocarbonyl (C=S) groups is 1. The SMILES string of the molecule is CCC(=S)NCC(=O)O. The Morgan fingerprint density at radius 3 is 2.67 bits per heavy atom. The van der Waals surface area contributed by atoms with Crippen molar-refractivity contribution in [1.29, 1.82) is 0 Å². The van der Waals surface area contributed by atoms with Gasteiger partial charge >= 0.3 is 5.97 Å². The average molecular weight is 147 g/mol. The molecule has 0 aliphatic carbocycles. The van der Waals surface area contributed by atoms with Crippen LogP contribution in [0.15, 0.2) is 0 Å². The zero-order chi connectivity index (χ0) is 7.28. The number of rotatable bonds is 3. The summed E-state index contributed by atoms with van der Waals surface area (Å²) in [5.74, 6) is -0.884. The van der Waals surface area contributed by atoms with Crippen LogP contribution in [0.2, 0.25) is 0 Å². The predicted molar refractivity (Wildman–Crippen MR) is 38.5 cm³/mol. The van der Waals surface area contributed by atoms with Gasteiger partial charge in [-0.05, 0) is 6.42 Å². The van der Waals surface area contributed by atoms with E-state index >= 15 is 0 Å². The topological polar surface area (TPSA) is 49.3 Å². The molecule has 52 valence electrons. The minimum absolute atomic E-state index is 0.0767. The normalized spacial score (nSPS) is 8.56. The number of aliphatic carboxylic acids is 1. The molecule has 0 aromatic rings. The lowest BCUT2D eigenvalue weighted by Crippen LogP contribution is -2.26. The summed E-state index contributed by atoms with van der Waals surface area (Å²) in [4.78, 5) is 10.5. The molecule has 4 heteroatoms. The molecule has 0 unspecified atom stereocenters. The molecule has 2 N–H and O–H groups in total. The van der Waals surface area contributed by atoms with Crippen molar-refractivity contribution in [3.8, 4) is 0 Å². The molecular weight excluding hydrogens is 138 g/mol. The van der Waals surface area contributed by atoms with Gasteiger partial charge in [0.2, 0.25) is 0 Å². The summed E-state index contributed by atoms with van der Waals surface area (Å²) in [6.45, 7) is 1.80. The van der Waals surface area contributed by atoms with Gasteiger partial charge in [0.15, 0.2) is 0 Å². The Bertz CT molecular complexity index is 124. The molecule has 0 bridgehead atoms. The van der Waals surface area contributed by atoms with Crippen molar-refractivity contribution in [2.24, 2.45) is 0 Å². The third-order valence-corrected chi connectivity index (χ3v) is 1.19. The Morgan fingerprint density at radius 2 is 2.33 bits per heavy atom. The summed E-state index contributed by atoms with van der Waals surface area (Å²) < 4.78 is 0. The number of hydrogen-bond acceptors (Lipinski definition) is 2. The van der Waals surface area contributed by atoms with Crippen LogP contribution in [0.3, 0.4) is 0 Å². The molecule has 0 aromatic carbocycles. The maximum atomic E-state index is 9.90. The first kappa shape index (κ1) is 8.36. The van der Waals surface area contributed by atoms with Gasteiger partial charge in [-0.15, -0.1) is 0 Å². The highest BCUT2D eigenvalue weighted by Crippen LogP contribution is 1.77. The van der Waals surface area contributed by atoms with Crippen LogP contribution < -0.4 is 5.32 Å². The molecule has 0 saturated carbocycles. The number of hydrogen-bond donors (Lipinski definition) is 2. The second kappa shape index (κ2) is 4.26. The maximum absolute atomic E-state index is 9.90. The molecule has 0 aliphatic heterocycles. The summed E-state index contributed by atoms with van der Waals surface area (Å²) in [5.41, 5.74) is 0. The van der Waals surface area contributed by atoms with Gasteiger partial charge in [0, 0.05) is 0 Å². The van der Waals surface area contributed by atoms with Crippen molar-refractivity contribution in [3.63, 3.8) is 0 Å². The van der Waals surface area contributed by atoms with Crippen molar-refractivity contribution in [3.05, 3.63) is 0 Å². The molecule has 0 saturated heterocycles. The van der Waals surface area contributed by atoms with Gasteiger partial charge in [0.05, 0.1) is 4.99 Å². The van der Waals surface area contributed by atoms with Gasteiger partial charge in [-0.1, -0.05) is 19.1 Å². The fraction of sp³-hybridized carbons (Fsp3) is 0.600. The fourth-order valence-electron chi connectivity index (χ4n) is 0.299. The highest BCUT2D eigenvalue weighted by atomic mass is 32.1. The van der Waals surface area contributed by atoms with E-state index in [-0.39, 0.29) is 6.54 Å². The predicted octanol–water partition coefficient (Wildman–Crippen LogP) is 0.398. The molecule has 0 aliphatic rings. The van der Waals surface area contributed by atoms with Crippen molar-refractivity contribution >= 4 is 23.2 Å². The van der Waals surface area contributed by atoms with E-state index in [2.05, 4.69) is 5.32 Å². The van der Waals surface area contributed by atoms with Gasteiger partial charge < -0.3 is 10.4 Å². The third kappa shape index (κ3) is 5.23. The van der Waals surface area contributed by atoms with E-state index in [1.165, 1.54) is 0 Å². The van der Waals surface area contributed by atoms with Crippen LogP contribution in [-0.4, -0.2) is 22.6 Å². The van der Waals surface area contributed by atoms with Crippen LogP contribution >= 0.6 is 12.2 Å². The van der Waals surface area contributed by atoms with Crippen LogP contribution in [0.25, 0.3) is 0 Å². The van der Waals surface area contributed by atoms with E-state index in [0.29, 0.717) is 11.4 Å². The largest absolute Gasteiger partial charge is 0.480 e. The minimum Gasteiger partial charge on any atom is -0.480 e. The highest BCUT2D eigenvalue weighted by Gasteiger charge is 1.95. The van der Waals surface area contributed by atoms with Gasteiger partial charge in [-0.3, -0.25) is 4.79 Å². The van der Waals surface area contributed by atoms with E-state index in [0.717, 1.165) is 0 Å². The lowest BCUT2D eigenvalue weighted by Gasteiger charge is -1.99. The average Bonchev–Trinajstić information content (AvgIpc) is 1.83. The minimum atomic E-state index is -0.884. The Hall–Kier alpha value is -0.640. The number of carboxylic acids is 1. The summed E-state index contributed by atoms with van der Waals surface area (Å²) in [6, 6.07) is 0. The molecule has 0 rings (SSSR count). The Morgan fingerprint density at radius 1 is 1.78 bits per heavy atom. The van der Waals surface area contributed by atoms with Crippen molar-refractivity contribution in [2.75, 3.05) is 6.54 Å². The van der Waals surface area contributed by atoms with Crippen LogP contribution in [0.4, 0.5) is 0 Å². The van der Waals surface area contributed by atoms with Crippen molar-refractivity contribution < 1.29 is 9.90 Å². The van der Waals surface area contributed by atoms with Gasteiger partial charge in [0.25, 0.3) is 0 Å². The van der Waals surface area contributed by atoms with E-state index < -0.39 is 5.97 Å². The van der Waals surface area contributed by atoms with Crippen molar-refractivity contribution in [1.82, 2.24) is 5.32 Å². The van der Waals surface area contributed by atoms with E-state index in [1.807, 2.05) is 6.92 Å². The molecule has 3 nitrogen and oxygen atoms in total.